The average molecular weight is 418 g/mol. The smallest absolute Gasteiger partial charge is 0.298 e. The van der Waals surface area contributed by atoms with E-state index < -0.39 is 29.2 Å². The molecular weight excluding hydrogens is 402 g/mol. The molecule has 3 aromatic rings. The summed E-state index contributed by atoms with van der Waals surface area (Å²) in [5.41, 5.74) is 0.984. The molecule has 0 bridgehead atoms. The number of hydrogen-bond acceptors (Lipinski definition) is 5. The van der Waals surface area contributed by atoms with Gasteiger partial charge in [-0.15, -0.1) is 11.3 Å². The van der Waals surface area contributed by atoms with Gasteiger partial charge in [-0.2, -0.15) is 0 Å². The molecule has 10 heteroatoms. The molecule has 7 nitrogen and oxygen atoms in total. The molecule has 0 spiro atoms. The number of rotatable bonds is 5. The van der Waals surface area contributed by atoms with Gasteiger partial charge in [0, 0.05) is 36.1 Å². The molecule has 0 unspecified atom stereocenters. The van der Waals surface area contributed by atoms with Crippen LogP contribution in [-0.2, 0) is 11.8 Å². The number of nitrogens with zero attached hydrogens (tertiary/aromatic N) is 2. The highest BCUT2D eigenvalue weighted by molar-refractivity contribution is 7.13. The minimum absolute atomic E-state index is 0.0570. The Morgan fingerprint density at radius 3 is 2.45 bits per heavy atom. The Morgan fingerprint density at radius 1 is 1.10 bits per heavy atom. The summed E-state index contributed by atoms with van der Waals surface area (Å²) in [5, 5.41) is 6.82. The van der Waals surface area contributed by atoms with Gasteiger partial charge in [-0.25, -0.2) is 13.8 Å². The number of anilines is 2. The molecule has 2 heterocycles. The molecule has 29 heavy (non-hydrogen) atoms. The maximum atomic E-state index is 13.4. The minimum atomic E-state index is -1.10. The Hall–Kier alpha value is -3.40. The van der Waals surface area contributed by atoms with Crippen LogP contribution < -0.4 is 10.6 Å². The first-order valence-corrected chi connectivity index (χ1v) is 9.26. The third-order valence-electron chi connectivity index (χ3n) is 4.41. The van der Waals surface area contributed by atoms with Crippen LogP contribution >= 0.6 is 11.3 Å². The number of amides is 2. The maximum absolute atomic E-state index is 13.4. The van der Waals surface area contributed by atoms with Gasteiger partial charge in [-0.1, -0.05) is 0 Å². The SMILES string of the molecule is Cc1c(C(=O)C(=O)Nc2nccs2)c(C)n(C)c1C(=O)Nc1ccc(F)c(F)c1. The Kier molecular flexibility index (Phi) is 5.55. The predicted octanol–water partition coefficient (Wildman–Crippen LogP) is 3.45. The van der Waals surface area contributed by atoms with Crippen molar-refractivity contribution >= 4 is 39.8 Å². The van der Waals surface area contributed by atoms with Crippen molar-refractivity contribution < 1.29 is 23.2 Å². The molecule has 2 aromatic heterocycles. The van der Waals surface area contributed by atoms with Crippen molar-refractivity contribution in [1.29, 1.82) is 0 Å². The van der Waals surface area contributed by atoms with E-state index in [1.165, 1.54) is 35.1 Å². The van der Waals surface area contributed by atoms with E-state index in [2.05, 4.69) is 15.6 Å². The van der Waals surface area contributed by atoms with Crippen LogP contribution in [0.25, 0.3) is 0 Å². The molecule has 0 saturated heterocycles. The molecule has 2 N–H and O–H groups in total. The van der Waals surface area contributed by atoms with Crippen LogP contribution in [-0.4, -0.2) is 27.1 Å². The van der Waals surface area contributed by atoms with Crippen molar-refractivity contribution in [2.24, 2.45) is 7.05 Å². The van der Waals surface area contributed by atoms with E-state index in [0.29, 0.717) is 11.3 Å². The van der Waals surface area contributed by atoms with Crippen molar-refractivity contribution in [3.63, 3.8) is 0 Å². The topological polar surface area (TPSA) is 93.1 Å². The lowest BCUT2D eigenvalue weighted by molar-refractivity contribution is -0.112. The zero-order valence-electron chi connectivity index (χ0n) is 15.7. The third-order valence-corrected chi connectivity index (χ3v) is 5.10. The van der Waals surface area contributed by atoms with Gasteiger partial charge < -0.3 is 9.88 Å². The zero-order valence-corrected chi connectivity index (χ0v) is 16.5. The summed E-state index contributed by atoms with van der Waals surface area (Å²) in [7, 11) is 1.57. The van der Waals surface area contributed by atoms with Gasteiger partial charge >= 0.3 is 0 Å². The van der Waals surface area contributed by atoms with Gasteiger partial charge in [0.05, 0.1) is 5.56 Å². The minimum Gasteiger partial charge on any atom is -0.343 e. The van der Waals surface area contributed by atoms with Crippen molar-refractivity contribution in [3.8, 4) is 0 Å². The number of thiazole rings is 1. The number of halogens is 2. The number of Topliss-reactive ketones (excluding diaryl/α,β-unsaturated/α-hetero) is 1. The van der Waals surface area contributed by atoms with Crippen LogP contribution in [0.1, 0.15) is 32.1 Å². The number of carbonyl (C=O) groups excluding carboxylic acids is 3. The summed E-state index contributed by atoms with van der Waals surface area (Å²) in [6, 6.07) is 2.97. The number of ketones is 1. The maximum Gasteiger partial charge on any atom is 0.298 e. The van der Waals surface area contributed by atoms with Crippen molar-refractivity contribution in [2.45, 2.75) is 13.8 Å². The van der Waals surface area contributed by atoms with E-state index in [1.54, 1.807) is 19.4 Å². The highest BCUT2D eigenvalue weighted by Gasteiger charge is 2.29. The molecule has 3 rings (SSSR count). The first-order valence-electron chi connectivity index (χ1n) is 8.38. The fourth-order valence-corrected chi connectivity index (χ4v) is 3.47. The fraction of sp³-hybridized carbons (Fsp3) is 0.158. The molecule has 0 radical (unpaired) electrons. The zero-order chi connectivity index (χ0) is 21.3. The molecule has 0 fully saturated rings. The first kappa shape index (κ1) is 20.3. The van der Waals surface area contributed by atoms with Crippen LogP contribution in [0, 0.1) is 25.5 Å². The van der Waals surface area contributed by atoms with Gasteiger partial charge in [-0.05, 0) is 31.5 Å². The normalized spacial score (nSPS) is 10.7. The van der Waals surface area contributed by atoms with Gasteiger partial charge in [0.25, 0.3) is 17.6 Å². The Labute approximate surface area is 168 Å². The molecule has 0 aliphatic rings. The summed E-state index contributed by atoms with van der Waals surface area (Å²) in [6.07, 6.45) is 1.49. The van der Waals surface area contributed by atoms with Gasteiger partial charge in [0.2, 0.25) is 0 Å². The average Bonchev–Trinajstić information content (AvgIpc) is 3.24. The highest BCUT2D eigenvalue weighted by atomic mass is 32.1. The van der Waals surface area contributed by atoms with Crippen LogP contribution in [0.3, 0.4) is 0 Å². The van der Waals surface area contributed by atoms with Gasteiger partial charge in [0.1, 0.15) is 5.69 Å². The van der Waals surface area contributed by atoms with E-state index >= 15 is 0 Å². The van der Waals surface area contributed by atoms with E-state index in [4.69, 9.17) is 0 Å². The number of carbonyl (C=O) groups is 3. The fourth-order valence-electron chi connectivity index (χ4n) is 2.95. The number of hydrogen-bond donors (Lipinski definition) is 2. The molecule has 0 atom stereocenters. The van der Waals surface area contributed by atoms with Crippen LogP contribution in [0.15, 0.2) is 29.8 Å². The van der Waals surface area contributed by atoms with E-state index in [0.717, 1.165) is 12.1 Å². The Morgan fingerprint density at radius 2 is 1.83 bits per heavy atom. The lowest BCUT2D eigenvalue weighted by atomic mass is 10.0. The number of benzene rings is 1. The van der Waals surface area contributed by atoms with Crippen molar-refractivity contribution in [1.82, 2.24) is 9.55 Å². The number of aromatic nitrogens is 2. The number of nitrogens with one attached hydrogen (secondary N) is 2. The summed E-state index contributed by atoms with van der Waals surface area (Å²) in [6.45, 7) is 3.14. The summed E-state index contributed by atoms with van der Waals surface area (Å²) in [5.74, 6) is -4.44. The van der Waals surface area contributed by atoms with Crippen molar-refractivity contribution in [2.75, 3.05) is 10.6 Å². The van der Waals surface area contributed by atoms with Gasteiger partial charge in [0.15, 0.2) is 16.8 Å². The molecule has 150 valence electrons. The quantitative estimate of drug-likeness (QED) is 0.490. The summed E-state index contributed by atoms with van der Waals surface area (Å²) < 4.78 is 27.9. The predicted molar refractivity (Wildman–Crippen MR) is 104 cm³/mol. The van der Waals surface area contributed by atoms with Crippen LogP contribution in [0.2, 0.25) is 0 Å². The second-order valence-corrected chi connectivity index (χ2v) is 7.09. The molecular formula is C19H16F2N4O3S. The molecule has 0 aliphatic carbocycles. The highest BCUT2D eigenvalue weighted by Crippen LogP contribution is 2.24. The van der Waals surface area contributed by atoms with E-state index in [1.807, 2.05) is 0 Å². The second-order valence-electron chi connectivity index (χ2n) is 6.20. The Balaban J connectivity index is 1.89. The van der Waals surface area contributed by atoms with Crippen molar-refractivity contribution in [3.05, 3.63) is 63.9 Å². The second kappa shape index (κ2) is 7.92. The molecule has 2 amide bonds. The van der Waals surface area contributed by atoms with E-state index in [-0.39, 0.29) is 22.1 Å². The van der Waals surface area contributed by atoms with Crippen LogP contribution in [0.5, 0.6) is 0 Å². The molecule has 0 saturated carbocycles. The van der Waals surface area contributed by atoms with Gasteiger partial charge in [-0.3, -0.25) is 19.7 Å². The largest absolute Gasteiger partial charge is 0.343 e. The lowest BCUT2D eigenvalue weighted by Gasteiger charge is -2.08. The third kappa shape index (κ3) is 3.92. The first-order chi connectivity index (χ1) is 13.7. The van der Waals surface area contributed by atoms with E-state index in [9.17, 15) is 23.2 Å². The molecule has 1 aromatic carbocycles. The Bertz CT molecular complexity index is 1120. The summed E-state index contributed by atoms with van der Waals surface area (Å²) >= 11 is 1.17. The summed E-state index contributed by atoms with van der Waals surface area (Å²) in [4.78, 5) is 41.5. The molecule has 0 aliphatic heterocycles. The lowest BCUT2D eigenvalue weighted by Crippen LogP contribution is -2.24. The van der Waals surface area contributed by atoms with Crippen LogP contribution in [0.4, 0.5) is 19.6 Å². The monoisotopic (exact) mass is 418 g/mol. The standard InChI is InChI=1S/C19H16F2N4O3S/c1-9-14(16(26)18(28)24-19-22-6-7-29-19)10(2)25(3)15(9)17(27)23-11-4-5-12(20)13(21)8-11/h4-8H,1-3H3,(H,23,27)(H,22,24,28).